The van der Waals surface area contributed by atoms with E-state index in [1.807, 2.05) is 54.6 Å². The molecule has 0 spiro atoms. The van der Waals surface area contributed by atoms with Gasteiger partial charge in [-0.3, -0.25) is 9.69 Å². The van der Waals surface area contributed by atoms with Crippen LogP contribution in [0.15, 0.2) is 59.5 Å². The number of nitrogens with one attached hydrogen (secondary N) is 1. The van der Waals surface area contributed by atoms with Crippen LogP contribution in [0.4, 0.5) is 0 Å². The lowest BCUT2D eigenvalue weighted by atomic mass is 10.2. The van der Waals surface area contributed by atoms with E-state index in [4.69, 9.17) is 0 Å². The minimum atomic E-state index is -0.0346. The van der Waals surface area contributed by atoms with Gasteiger partial charge in [0.1, 0.15) is 0 Å². The summed E-state index contributed by atoms with van der Waals surface area (Å²) in [5, 5.41) is 15.2. The third-order valence-electron chi connectivity index (χ3n) is 5.18. The monoisotopic (exact) mass is 422 g/mol. The number of tetrazole rings is 1. The second kappa shape index (κ2) is 9.86. The molecular weight excluding hydrogens is 396 g/mol. The molecule has 0 unspecified atom stereocenters. The van der Waals surface area contributed by atoms with E-state index in [0.29, 0.717) is 23.9 Å². The van der Waals surface area contributed by atoms with Crippen LogP contribution in [0.1, 0.15) is 35.9 Å². The van der Waals surface area contributed by atoms with E-state index in [-0.39, 0.29) is 5.91 Å². The molecule has 1 aliphatic rings. The largest absolute Gasteiger partial charge is 0.351 e. The Kier molecular flexibility index (Phi) is 6.76. The van der Waals surface area contributed by atoms with Crippen LogP contribution in [0.2, 0.25) is 0 Å². The van der Waals surface area contributed by atoms with Gasteiger partial charge in [-0.05, 0) is 54.1 Å². The van der Waals surface area contributed by atoms with Gasteiger partial charge in [0.05, 0.1) is 17.0 Å². The van der Waals surface area contributed by atoms with Gasteiger partial charge >= 0.3 is 0 Å². The Morgan fingerprint density at radius 2 is 1.93 bits per heavy atom. The summed E-state index contributed by atoms with van der Waals surface area (Å²) in [5.41, 5.74) is 1.61. The van der Waals surface area contributed by atoms with Crippen LogP contribution in [0.25, 0.3) is 5.69 Å². The van der Waals surface area contributed by atoms with Crippen molar-refractivity contribution in [3.63, 3.8) is 0 Å². The molecule has 30 heavy (non-hydrogen) atoms. The lowest BCUT2D eigenvalue weighted by Gasteiger charge is -2.20. The van der Waals surface area contributed by atoms with E-state index in [2.05, 4.69) is 32.7 Å². The highest BCUT2D eigenvalue weighted by molar-refractivity contribution is 7.98. The van der Waals surface area contributed by atoms with Gasteiger partial charge in [-0.2, -0.15) is 4.68 Å². The molecule has 1 fully saturated rings. The number of nitrogens with zero attached hydrogens (tertiary/aromatic N) is 5. The molecule has 1 saturated carbocycles. The molecule has 8 heteroatoms. The van der Waals surface area contributed by atoms with Crippen LogP contribution in [0.5, 0.6) is 0 Å². The number of amides is 1. The van der Waals surface area contributed by atoms with E-state index >= 15 is 0 Å². The first-order valence-corrected chi connectivity index (χ1v) is 11.3. The van der Waals surface area contributed by atoms with Crippen molar-refractivity contribution in [1.82, 2.24) is 30.4 Å². The lowest BCUT2D eigenvalue weighted by molar-refractivity contribution is 0.0945. The summed E-state index contributed by atoms with van der Waals surface area (Å²) in [4.78, 5) is 16.1. The maximum Gasteiger partial charge on any atom is 0.252 e. The normalized spacial score (nSPS) is 13.5. The van der Waals surface area contributed by atoms with Crippen molar-refractivity contribution in [3.8, 4) is 5.69 Å². The van der Waals surface area contributed by atoms with Crippen molar-refractivity contribution in [2.75, 3.05) is 19.6 Å². The number of benzene rings is 2. The molecule has 0 bridgehead atoms. The third-order valence-corrected chi connectivity index (χ3v) is 6.25. The van der Waals surface area contributed by atoms with Gasteiger partial charge in [-0.25, -0.2) is 0 Å². The predicted octanol–water partition coefficient (Wildman–Crippen LogP) is 3.17. The van der Waals surface area contributed by atoms with Gasteiger partial charge < -0.3 is 5.32 Å². The predicted molar refractivity (Wildman–Crippen MR) is 118 cm³/mol. The summed E-state index contributed by atoms with van der Waals surface area (Å²) in [5.74, 6) is 1.27. The number of carbonyl (C=O) groups is 1. The van der Waals surface area contributed by atoms with Gasteiger partial charge in [-0.1, -0.05) is 37.3 Å². The molecule has 1 aliphatic carbocycles. The highest BCUT2D eigenvalue weighted by Crippen LogP contribution is 2.27. The molecule has 2 aromatic carbocycles. The third kappa shape index (κ3) is 5.06. The highest BCUT2D eigenvalue weighted by atomic mass is 32.2. The first-order chi connectivity index (χ1) is 14.8. The van der Waals surface area contributed by atoms with Crippen LogP contribution in [-0.4, -0.2) is 56.7 Å². The average molecular weight is 423 g/mol. The first kappa shape index (κ1) is 20.6. The maximum atomic E-state index is 12.8. The zero-order valence-corrected chi connectivity index (χ0v) is 17.9. The lowest BCUT2D eigenvalue weighted by Crippen LogP contribution is -2.36. The zero-order valence-electron chi connectivity index (χ0n) is 17.1. The molecule has 0 aliphatic heterocycles. The second-order valence-corrected chi connectivity index (χ2v) is 8.26. The Balaban J connectivity index is 1.38. The van der Waals surface area contributed by atoms with Crippen molar-refractivity contribution in [2.45, 2.75) is 36.5 Å². The van der Waals surface area contributed by atoms with E-state index in [0.717, 1.165) is 29.5 Å². The number of aromatic nitrogens is 4. The molecular formula is C22H26N6OS. The highest BCUT2D eigenvalue weighted by Gasteiger charge is 2.27. The Morgan fingerprint density at radius 1 is 1.17 bits per heavy atom. The molecule has 1 heterocycles. The van der Waals surface area contributed by atoms with Gasteiger partial charge in [0, 0.05) is 24.0 Å². The number of hydrogen-bond acceptors (Lipinski definition) is 6. The van der Waals surface area contributed by atoms with Crippen molar-refractivity contribution in [3.05, 3.63) is 66.0 Å². The summed E-state index contributed by atoms with van der Waals surface area (Å²) in [6, 6.07) is 18.2. The van der Waals surface area contributed by atoms with Crippen molar-refractivity contribution in [1.29, 1.82) is 0 Å². The second-order valence-electron chi connectivity index (χ2n) is 7.24. The van der Waals surface area contributed by atoms with Crippen LogP contribution in [0.3, 0.4) is 0 Å². The average Bonchev–Trinajstić information content (AvgIpc) is 3.52. The Hall–Kier alpha value is -2.71. The van der Waals surface area contributed by atoms with E-state index in [1.54, 1.807) is 16.4 Å². The quantitative estimate of drug-likeness (QED) is 0.506. The van der Waals surface area contributed by atoms with Crippen molar-refractivity contribution < 1.29 is 4.79 Å². The Morgan fingerprint density at radius 3 is 2.70 bits per heavy atom. The Labute approximate surface area is 180 Å². The van der Waals surface area contributed by atoms with Gasteiger partial charge in [0.25, 0.3) is 5.91 Å². The van der Waals surface area contributed by atoms with Crippen molar-refractivity contribution >= 4 is 17.7 Å². The van der Waals surface area contributed by atoms with Crippen LogP contribution >= 0.6 is 11.8 Å². The van der Waals surface area contributed by atoms with Crippen LogP contribution in [0, 0.1) is 0 Å². The van der Waals surface area contributed by atoms with E-state index in [1.165, 1.54) is 12.8 Å². The summed E-state index contributed by atoms with van der Waals surface area (Å²) in [6.45, 7) is 4.76. The first-order valence-electron chi connectivity index (χ1n) is 10.3. The van der Waals surface area contributed by atoms with Gasteiger partial charge in [0.15, 0.2) is 5.82 Å². The summed E-state index contributed by atoms with van der Waals surface area (Å²) >= 11 is 1.57. The molecule has 3 aromatic rings. The van der Waals surface area contributed by atoms with Crippen LogP contribution in [-0.2, 0) is 5.75 Å². The number of para-hydroxylation sites is 1. The van der Waals surface area contributed by atoms with E-state index < -0.39 is 0 Å². The minimum Gasteiger partial charge on any atom is -0.351 e. The molecule has 4 rings (SSSR count). The summed E-state index contributed by atoms with van der Waals surface area (Å²) in [6.07, 6.45) is 2.56. The number of hydrogen-bond donors (Lipinski definition) is 1. The fraction of sp³-hybridized carbons (Fsp3) is 0.364. The topological polar surface area (TPSA) is 75.9 Å². The zero-order chi connectivity index (χ0) is 20.8. The number of rotatable bonds is 10. The molecule has 1 amide bonds. The summed E-state index contributed by atoms with van der Waals surface area (Å²) < 4.78 is 1.73. The molecule has 156 valence electrons. The fourth-order valence-corrected chi connectivity index (χ4v) is 4.39. The molecule has 0 atom stereocenters. The number of likely N-dealkylation sites (N-methyl/N-ethyl adjacent to an activating group) is 1. The SMILES string of the molecule is CCN(CCNC(=O)c1ccccc1SCc1nnnn1-c1ccccc1)C1CC1. The van der Waals surface area contributed by atoms with Gasteiger partial charge in [0.2, 0.25) is 0 Å². The molecule has 7 nitrogen and oxygen atoms in total. The van der Waals surface area contributed by atoms with Crippen LogP contribution < -0.4 is 5.32 Å². The summed E-state index contributed by atoms with van der Waals surface area (Å²) in [7, 11) is 0. The number of carbonyl (C=O) groups excluding carboxylic acids is 1. The smallest absolute Gasteiger partial charge is 0.252 e. The Bertz CT molecular complexity index is 973. The molecule has 0 saturated heterocycles. The van der Waals surface area contributed by atoms with Gasteiger partial charge in [-0.15, -0.1) is 16.9 Å². The standard InChI is InChI=1S/C22H26N6OS/c1-2-27(17-12-13-17)15-14-23-22(29)19-10-6-7-11-20(19)30-16-21-24-25-26-28(21)18-8-4-3-5-9-18/h3-11,17H,2,12-16H2,1H3,(H,23,29). The minimum absolute atomic E-state index is 0.0346. The number of thioether (sulfide) groups is 1. The molecule has 1 aromatic heterocycles. The molecule has 1 N–H and O–H groups in total. The maximum absolute atomic E-state index is 12.8. The van der Waals surface area contributed by atoms with Crippen molar-refractivity contribution in [2.24, 2.45) is 0 Å². The molecule has 0 radical (unpaired) electrons. The fourth-order valence-electron chi connectivity index (χ4n) is 3.43. The van der Waals surface area contributed by atoms with E-state index in [9.17, 15) is 4.79 Å².